The Labute approximate surface area is 142 Å². The molecule has 8 nitrogen and oxygen atoms in total. The number of aromatic nitrogens is 4. The van der Waals surface area contributed by atoms with E-state index < -0.39 is 17.4 Å². The summed E-state index contributed by atoms with van der Waals surface area (Å²) < 4.78 is 14.4. The third kappa shape index (κ3) is 3.49. The maximum absolute atomic E-state index is 13.2. The van der Waals surface area contributed by atoms with Gasteiger partial charge in [-0.15, -0.1) is 0 Å². The molecule has 0 saturated carbocycles. The molecule has 3 rings (SSSR count). The number of halogens is 1. The number of nitrogens with zero attached hydrogens (tertiary/aromatic N) is 3. The minimum absolute atomic E-state index is 0.0666. The monoisotopic (exact) mass is 344 g/mol. The predicted molar refractivity (Wildman–Crippen MR) is 91.4 cm³/mol. The van der Waals surface area contributed by atoms with E-state index in [-0.39, 0.29) is 17.2 Å². The van der Waals surface area contributed by atoms with Crippen LogP contribution in [0.15, 0.2) is 29.1 Å². The fourth-order valence-electron chi connectivity index (χ4n) is 2.45. The van der Waals surface area contributed by atoms with E-state index in [9.17, 15) is 14.0 Å². The highest BCUT2D eigenvalue weighted by Crippen LogP contribution is 2.13. The minimum atomic E-state index is -0.655. The van der Waals surface area contributed by atoms with Crippen molar-refractivity contribution in [3.05, 3.63) is 52.0 Å². The second-order valence-electron chi connectivity index (χ2n) is 5.52. The Morgan fingerprint density at radius 2 is 2.12 bits per heavy atom. The molecule has 0 atom stereocenters. The molecule has 0 aliphatic carbocycles. The number of amides is 2. The molecule has 25 heavy (non-hydrogen) atoms. The summed E-state index contributed by atoms with van der Waals surface area (Å²) in [5.41, 5.74) is 0.342. The summed E-state index contributed by atoms with van der Waals surface area (Å²) in [7, 11) is 0. The first-order valence-corrected chi connectivity index (χ1v) is 7.79. The molecule has 2 heterocycles. The zero-order valence-corrected chi connectivity index (χ0v) is 13.8. The maximum Gasteiger partial charge on any atom is 0.323 e. The smallest absolute Gasteiger partial charge is 0.308 e. The van der Waals surface area contributed by atoms with Crippen LogP contribution in [0.25, 0.3) is 5.78 Å². The van der Waals surface area contributed by atoms with Crippen molar-refractivity contribution in [2.24, 2.45) is 0 Å². The van der Waals surface area contributed by atoms with Gasteiger partial charge in [0.1, 0.15) is 17.3 Å². The molecule has 3 N–H and O–H groups in total. The summed E-state index contributed by atoms with van der Waals surface area (Å²) in [5, 5.41) is 7.78. The van der Waals surface area contributed by atoms with Crippen LogP contribution in [0.1, 0.15) is 24.9 Å². The normalized spacial score (nSPS) is 10.8. The lowest BCUT2D eigenvalue weighted by atomic mass is 10.2. The molecule has 0 radical (unpaired) electrons. The molecule has 0 spiro atoms. The van der Waals surface area contributed by atoms with E-state index in [0.717, 1.165) is 6.42 Å². The SMILES string of the molecule is CCCc1nc2nc(C)[nH]n2c(=O)c1NC(=O)Nc1cccc(F)c1. The average Bonchev–Trinajstić information content (AvgIpc) is 2.92. The van der Waals surface area contributed by atoms with Gasteiger partial charge in [0.05, 0.1) is 5.69 Å². The van der Waals surface area contributed by atoms with Crippen molar-refractivity contribution < 1.29 is 9.18 Å². The Balaban J connectivity index is 1.93. The molecular formula is C16H17FN6O2. The Morgan fingerprint density at radius 3 is 2.84 bits per heavy atom. The highest BCUT2D eigenvalue weighted by atomic mass is 19.1. The fraction of sp³-hybridized carbons (Fsp3) is 0.250. The lowest BCUT2D eigenvalue weighted by molar-refractivity contribution is 0.262. The molecular weight excluding hydrogens is 327 g/mol. The maximum atomic E-state index is 13.2. The molecule has 2 amide bonds. The second kappa shape index (κ2) is 6.71. The zero-order valence-electron chi connectivity index (χ0n) is 13.8. The predicted octanol–water partition coefficient (Wildman–Crippen LogP) is 2.46. The largest absolute Gasteiger partial charge is 0.323 e. The number of fused-ring (bicyclic) bond motifs is 1. The van der Waals surface area contributed by atoms with Crippen molar-refractivity contribution in [3.63, 3.8) is 0 Å². The molecule has 3 aromatic rings. The van der Waals surface area contributed by atoms with Crippen molar-refractivity contribution in [3.8, 4) is 0 Å². The van der Waals surface area contributed by atoms with Gasteiger partial charge >= 0.3 is 6.03 Å². The first kappa shape index (κ1) is 16.6. The highest BCUT2D eigenvalue weighted by Gasteiger charge is 2.17. The third-order valence-electron chi connectivity index (χ3n) is 3.49. The van der Waals surface area contributed by atoms with E-state index >= 15 is 0 Å². The Kier molecular flexibility index (Phi) is 4.46. The third-order valence-corrected chi connectivity index (χ3v) is 3.49. The van der Waals surface area contributed by atoms with Crippen LogP contribution in [-0.4, -0.2) is 25.6 Å². The number of aromatic amines is 1. The van der Waals surface area contributed by atoms with Crippen LogP contribution in [0.2, 0.25) is 0 Å². The van der Waals surface area contributed by atoms with E-state index in [1.54, 1.807) is 13.0 Å². The van der Waals surface area contributed by atoms with Crippen LogP contribution in [0.3, 0.4) is 0 Å². The number of benzene rings is 1. The quantitative estimate of drug-likeness (QED) is 0.676. The van der Waals surface area contributed by atoms with Crippen molar-refractivity contribution in [1.82, 2.24) is 19.6 Å². The van der Waals surface area contributed by atoms with Crippen molar-refractivity contribution in [2.45, 2.75) is 26.7 Å². The van der Waals surface area contributed by atoms with Crippen molar-refractivity contribution >= 4 is 23.2 Å². The van der Waals surface area contributed by atoms with Crippen LogP contribution in [0.4, 0.5) is 20.6 Å². The number of nitrogens with one attached hydrogen (secondary N) is 3. The standard InChI is InChI=1S/C16H17FN6O2/c1-3-5-12-13(14(24)23-15(20-12)18-9(2)22-23)21-16(25)19-11-7-4-6-10(17)8-11/h4,6-8H,3,5H2,1-2H3,(H,18,20,22)(H2,19,21,25). The van der Waals surface area contributed by atoms with Gasteiger partial charge in [-0.05, 0) is 31.5 Å². The number of carbonyl (C=O) groups excluding carboxylic acids is 1. The van der Waals surface area contributed by atoms with Gasteiger partial charge in [-0.3, -0.25) is 9.89 Å². The van der Waals surface area contributed by atoms with Crippen molar-refractivity contribution in [2.75, 3.05) is 10.6 Å². The van der Waals surface area contributed by atoms with E-state index in [1.165, 1.54) is 22.7 Å². The number of aryl methyl sites for hydroxylation is 2. The molecule has 2 aromatic heterocycles. The first-order chi connectivity index (χ1) is 12.0. The van der Waals surface area contributed by atoms with Crippen LogP contribution in [0, 0.1) is 12.7 Å². The molecule has 0 unspecified atom stereocenters. The zero-order chi connectivity index (χ0) is 18.0. The summed E-state index contributed by atoms with van der Waals surface area (Å²) in [6.45, 7) is 3.65. The van der Waals surface area contributed by atoms with Gasteiger partial charge < -0.3 is 10.6 Å². The van der Waals surface area contributed by atoms with E-state index in [0.29, 0.717) is 17.9 Å². The summed E-state index contributed by atoms with van der Waals surface area (Å²) in [6, 6.07) is 4.82. The summed E-state index contributed by atoms with van der Waals surface area (Å²) in [6.07, 6.45) is 1.25. The van der Waals surface area contributed by atoms with Gasteiger partial charge in [0.25, 0.3) is 11.3 Å². The molecule has 0 aliphatic rings. The number of carbonyl (C=O) groups is 1. The molecule has 0 fully saturated rings. The summed E-state index contributed by atoms with van der Waals surface area (Å²) in [5.74, 6) is 0.316. The van der Waals surface area contributed by atoms with Gasteiger partial charge in [0.15, 0.2) is 0 Å². The summed E-state index contributed by atoms with van der Waals surface area (Å²) in [4.78, 5) is 33.3. The molecule has 130 valence electrons. The van der Waals surface area contributed by atoms with E-state index in [2.05, 4.69) is 25.7 Å². The number of urea groups is 1. The lowest BCUT2D eigenvalue weighted by Crippen LogP contribution is -2.28. The van der Waals surface area contributed by atoms with E-state index in [1.807, 2.05) is 6.92 Å². The first-order valence-electron chi connectivity index (χ1n) is 7.79. The molecule has 0 aliphatic heterocycles. The minimum Gasteiger partial charge on any atom is -0.308 e. The van der Waals surface area contributed by atoms with Gasteiger partial charge in [0.2, 0.25) is 0 Å². The Hall–Kier alpha value is -3.23. The summed E-state index contributed by atoms with van der Waals surface area (Å²) >= 11 is 0. The van der Waals surface area contributed by atoms with Gasteiger partial charge in [0, 0.05) is 5.69 Å². The molecule has 0 saturated heterocycles. The topological polar surface area (TPSA) is 104 Å². The van der Waals surface area contributed by atoms with Gasteiger partial charge in [-0.2, -0.15) is 9.50 Å². The average molecular weight is 344 g/mol. The van der Waals surface area contributed by atoms with E-state index in [4.69, 9.17) is 0 Å². The number of hydrogen-bond donors (Lipinski definition) is 3. The van der Waals surface area contributed by atoms with Crippen LogP contribution >= 0.6 is 0 Å². The van der Waals surface area contributed by atoms with Crippen LogP contribution < -0.4 is 16.2 Å². The van der Waals surface area contributed by atoms with Gasteiger partial charge in [-0.1, -0.05) is 19.4 Å². The molecule has 0 bridgehead atoms. The van der Waals surface area contributed by atoms with Gasteiger partial charge in [-0.25, -0.2) is 14.2 Å². The number of rotatable bonds is 4. The fourth-order valence-corrected chi connectivity index (χ4v) is 2.45. The van der Waals surface area contributed by atoms with Crippen LogP contribution in [0.5, 0.6) is 0 Å². The molecule has 1 aromatic carbocycles. The Morgan fingerprint density at radius 1 is 1.32 bits per heavy atom. The lowest BCUT2D eigenvalue weighted by Gasteiger charge is -2.10. The molecule has 9 heteroatoms. The Bertz CT molecular complexity index is 994. The van der Waals surface area contributed by atoms with Crippen LogP contribution in [-0.2, 0) is 6.42 Å². The number of hydrogen-bond acceptors (Lipinski definition) is 4. The number of anilines is 2. The van der Waals surface area contributed by atoms with Crippen molar-refractivity contribution in [1.29, 1.82) is 0 Å². The highest BCUT2D eigenvalue weighted by molar-refractivity contribution is 6.00. The number of H-pyrrole nitrogens is 1. The second-order valence-corrected chi connectivity index (χ2v) is 5.52.